The van der Waals surface area contributed by atoms with Crippen molar-refractivity contribution in [2.24, 2.45) is 5.92 Å². The first-order valence-corrected chi connectivity index (χ1v) is 7.09. The molecule has 0 saturated carbocycles. The fourth-order valence-electron chi connectivity index (χ4n) is 3.25. The third-order valence-electron chi connectivity index (χ3n) is 3.81. The highest BCUT2D eigenvalue weighted by Crippen LogP contribution is 2.30. The molecule has 1 aliphatic rings. The summed E-state index contributed by atoms with van der Waals surface area (Å²) in [6.07, 6.45) is 5.88. The lowest BCUT2D eigenvalue weighted by atomic mass is 9.77. The molecule has 1 aromatic carbocycles. The van der Waals surface area contributed by atoms with Crippen LogP contribution in [-0.2, 0) is 6.42 Å². The van der Waals surface area contributed by atoms with Gasteiger partial charge in [0.2, 0.25) is 0 Å². The second-order valence-electron chi connectivity index (χ2n) is 6.07. The van der Waals surface area contributed by atoms with Gasteiger partial charge in [-0.15, -0.1) is 0 Å². The lowest BCUT2D eigenvalue weighted by Gasteiger charge is -2.40. The number of hydrogen-bond donors (Lipinski definition) is 1. The second-order valence-corrected chi connectivity index (χ2v) is 6.07. The molecule has 2 heteroatoms. The van der Waals surface area contributed by atoms with Crippen LogP contribution in [0, 0.1) is 11.7 Å². The van der Waals surface area contributed by atoms with Crippen LogP contribution in [0.5, 0.6) is 0 Å². The first kappa shape index (κ1) is 13.5. The summed E-state index contributed by atoms with van der Waals surface area (Å²) < 4.78 is 13.3. The van der Waals surface area contributed by atoms with E-state index in [2.05, 4.69) is 19.2 Å². The maximum atomic E-state index is 13.3. The number of nitrogens with one attached hydrogen (secondary N) is 1. The monoisotopic (exact) mass is 249 g/mol. The van der Waals surface area contributed by atoms with E-state index in [1.165, 1.54) is 31.7 Å². The predicted octanol–water partition coefficient (Wildman–Crippen LogP) is 3.93. The van der Waals surface area contributed by atoms with E-state index >= 15 is 0 Å². The zero-order valence-electron chi connectivity index (χ0n) is 11.5. The Morgan fingerprint density at radius 2 is 2.17 bits per heavy atom. The lowest BCUT2D eigenvalue weighted by molar-refractivity contribution is 0.210. The molecule has 1 atom stereocenters. The molecule has 0 aromatic heterocycles. The van der Waals surface area contributed by atoms with Crippen molar-refractivity contribution in [2.45, 2.75) is 51.5 Å². The summed E-state index contributed by atoms with van der Waals surface area (Å²) >= 11 is 0. The van der Waals surface area contributed by atoms with Crippen LogP contribution >= 0.6 is 0 Å². The first-order chi connectivity index (χ1) is 8.60. The topological polar surface area (TPSA) is 12.0 Å². The molecule has 0 spiro atoms. The quantitative estimate of drug-likeness (QED) is 0.852. The lowest BCUT2D eigenvalue weighted by Crippen LogP contribution is -2.51. The molecule has 0 amide bonds. The van der Waals surface area contributed by atoms with E-state index in [0.717, 1.165) is 18.5 Å². The van der Waals surface area contributed by atoms with Gasteiger partial charge in [0.25, 0.3) is 0 Å². The number of piperidine rings is 1. The Hall–Kier alpha value is -0.890. The number of rotatable bonds is 4. The smallest absolute Gasteiger partial charge is 0.123 e. The minimum absolute atomic E-state index is 0.122. The first-order valence-electron chi connectivity index (χ1n) is 7.09. The average molecular weight is 249 g/mol. The van der Waals surface area contributed by atoms with E-state index in [1.807, 2.05) is 12.1 Å². The number of benzene rings is 1. The molecule has 0 aliphatic carbocycles. The minimum atomic E-state index is -0.122. The zero-order valence-corrected chi connectivity index (χ0v) is 11.5. The van der Waals surface area contributed by atoms with Crippen molar-refractivity contribution >= 4 is 0 Å². The molecule has 18 heavy (non-hydrogen) atoms. The van der Waals surface area contributed by atoms with E-state index in [0.29, 0.717) is 5.92 Å². The molecule has 1 saturated heterocycles. The molecular weight excluding hydrogens is 225 g/mol. The summed E-state index contributed by atoms with van der Waals surface area (Å²) in [7, 11) is 0. The highest BCUT2D eigenvalue weighted by molar-refractivity contribution is 5.19. The van der Waals surface area contributed by atoms with E-state index in [-0.39, 0.29) is 11.4 Å². The minimum Gasteiger partial charge on any atom is -0.311 e. The van der Waals surface area contributed by atoms with Crippen LogP contribution in [0.1, 0.15) is 45.1 Å². The van der Waals surface area contributed by atoms with Gasteiger partial charge in [-0.25, -0.2) is 4.39 Å². The highest BCUT2D eigenvalue weighted by Gasteiger charge is 2.32. The van der Waals surface area contributed by atoms with Crippen LogP contribution < -0.4 is 5.32 Å². The van der Waals surface area contributed by atoms with Crippen LogP contribution in [0.2, 0.25) is 0 Å². The summed E-state index contributed by atoms with van der Waals surface area (Å²) in [6, 6.07) is 7.06. The Morgan fingerprint density at radius 1 is 1.33 bits per heavy atom. The molecule has 1 N–H and O–H groups in total. The third-order valence-corrected chi connectivity index (χ3v) is 3.81. The largest absolute Gasteiger partial charge is 0.311 e. The standard InChI is InChI=1S/C16H24FN/c1-13(2)11-16(8-3-4-9-18-16)12-14-6-5-7-15(17)10-14/h5-7,10,13,18H,3-4,8-9,11-12H2,1-2H3. The van der Waals surface area contributed by atoms with Crippen molar-refractivity contribution < 1.29 is 4.39 Å². The van der Waals surface area contributed by atoms with E-state index in [1.54, 1.807) is 6.07 Å². The third kappa shape index (κ3) is 3.55. The number of halogens is 1. The van der Waals surface area contributed by atoms with E-state index in [4.69, 9.17) is 0 Å². The summed E-state index contributed by atoms with van der Waals surface area (Å²) in [5, 5.41) is 3.71. The van der Waals surface area contributed by atoms with Crippen molar-refractivity contribution in [3.63, 3.8) is 0 Å². The maximum absolute atomic E-state index is 13.3. The molecule has 1 aliphatic heterocycles. The summed E-state index contributed by atoms with van der Waals surface area (Å²) in [4.78, 5) is 0. The molecule has 1 fully saturated rings. The maximum Gasteiger partial charge on any atom is 0.123 e. The van der Waals surface area contributed by atoms with Gasteiger partial charge in [0.05, 0.1) is 0 Å². The van der Waals surface area contributed by atoms with Gasteiger partial charge >= 0.3 is 0 Å². The van der Waals surface area contributed by atoms with Gasteiger partial charge in [-0.05, 0) is 55.8 Å². The SMILES string of the molecule is CC(C)CC1(Cc2cccc(F)c2)CCCCN1. The van der Waals surface area contributed by atoms with Gasteiger partial charge in [0, 0.05) is 5.54 Å². The normalized spacial score (nSPS) is 24.4. The molecule has 1 unspecified atom stereocenters. The second kappa shape index (κ2) is 5.83. The zero-order chi connectivity index (χ0) is 13.0. The Kier molecular flexibility index (Phi) is 4.39. The fourth-order valence-corrected chi connectivity index (χ4v) is 3.25. The Balaban J connectivity index is 2.14. The molecule has 2 rings (SSSR count). The molecule has 1 nitrogen and oxygen atoms in total. The Labute approximate surface area is 110 Å². The van der Waals surface area contributed by atoms with Crippen molar-refractivity contribution in [3.05, 3.63) is 35.6 Å². The molecule has 0 bridgehead atoms. The highest BCUT2D eigenvalue weighted by atomic mass is 19.1. The van der Waals surface area contributed by atoms with Crippen LogP contribution in [0.25, 0.3) is 0 Å². The molecule has 1 aromatic rings. The average Bonchev–Trinajstić information content (AvgIpc) is 2.28. The summed E-state index contributed by atoms with van der Waals surface area (Å²) in [6.45, 7) is 5.63. The van der Waals surface area contributed by atoms with Crippen molar-refractivity contribution in [1.29, 1.82) is 0 Å². The van der Waals surface area contributed by atoms with Gasteiger partial charge in [0.1, 0.15) is 5.82 Å². The Morgan fingerprint density at radius 3 is 2.78 bits per heavy atom. The predicted molar refractivity (Wildman–Crippen MR) is 74.1 cm³/mol. The molecule has 1 heterocycles. The van der Waals surface area contributed by atoms with Crippen LogP contribution in [-0.4, -0.2) is 12.1 Å². The van der Waals surface area contributed by atoms with Gasteiger partial charge in [0.15, 0.2) is 0 Å². The van der Waals surface area contributed by atoms with E-state index < -0.39 is 0 Å². The van der Waals surface area contributed by atoms with Crippen molar-refractivity contribution in [2.75, 3.05) is 6.54 Å². The molecule has 0 radical (unpaired) electrons. The fraction of sp³-hybridized carbons (Fsp3) is 0.625. The summed E-state index contributed by atoms with van der Waals surface area (Å²) in [5.74, 6) is 0.548. The van der Waals surface area contributed by atoms with Gasteiger partial charge < -0.3 is 5.32 Å². The Bertz CT molecular complexity index is 380. The van der Waals surface area contributed by atoms with Crippen molar-refractivity contribution in [1.82, 2.24) is 5.32 Å². The summed E-state index contributed by atoms with van der Waals surface area (Å²) in [5.41, 5.74) is 1.30. The molecule has 100 valence electrons. The van der Waals surface area contributed by atoms with Gasteiger partial charge in [-0.2, -0.15) is 0 Å². The van der Waals surface area contributed by atoms with Gasteiger partial charge in [-0.3, -0.25) is 0 Å². The molecular formula is C16H24FN. The van der Waals surface area contributed by atoms with Crippen molar-refractivity contribution in [3.8, 4) is 0 Å². The number of hydrogen-bond acceptors (Lipinski definition) is 1. The van der Waals surface area contributed by atoms with Gasteiger partial charge in [-0.1, -0.05) is 32.4 Å². The van der Waals surface area contributed by atoms with E-state index in [9.17, 15) is 4.39 Å². The van der Waals surface area contributed by atoms with Crippen LogP contribution in [0.15, 0.2) is 24.3 Å². The van der Waals surface area contributed by atoms with Crippen LogP contribution in [0.4, 0.5) is 4.39 Å². The van der Waals surface area contributed by atoms with Crippen LogP contribution in [0.3, 0.4) is 0 Å².